The molecule has 0 spiro atoms. The zero-order valence-corrected chi connectivity index (χ0v) is 16.8. The molecule has 4 aromatic rings. The number of imidazole rings is 1. The maximum atomic E-state index is 12.2. The molecule has 0 bridgehead atoms. The number of nitrogens with zero attached hydrogens (tertiary/aromatic N) is 1. The average Bonchev–Trinajstić information content (AvgIpc) is 3.17. The van der Waals surface area contributed by atoms with Gasteiger partial charge in [-0.1, -0.05) is 30.0 Å². The van der Waals surface area contributed by atoms with E-state index in [1.165, 1.54) is 7.11 Å². The molecule has 4 rings (SSSR count). The number of ether oxygens (including phenoxy) is 1. The predicted molar refractivity (Wildman–Crippen MR) is 117 cm³/mol. The van der Waals surface area contributed by atoms with E-state index in [-0.39, 0.29) is 5.91 Å². The zero-order valence-electron chi connectivity index (χ0n) is 16.0. The summed E-state index contributed by atoms with van der Waals surface area (Å²) in [5, 5.41) is 5.41. The lowest BCUT2D eigenvalue weighted by Gasteiger charge is -2.07. The lowest BCUT2D eigenvalue weighted by atomic mass is 10.2. The fraction of sp³-hybridized carbons (Fsp3) is 0.0455. The Bertz CT molecular complexity index is 1190. The second-order valence-corrected chi connectivity index (χ2v) is 7.47. The monoisotopic (exact) mass is 418 g/mol. The average molecular weight is 418 g/mol. The summed E-state index contributed by atoms with van der Waals surface area (Å²) < 4.78 is 4.57. The van der Waals surface area contributed by atoms with Gasteiger partial charge in [0.05, 0.1) is 18.1 Å². The minimum absolute atomic E-state index is 0.142. The molecule has 0 aliphatic rings. The van der Waals surface area contributed by atoms with Crippen LogP contribution in [0.1, 0.15) is 10.4 Å². The van der Waals surface area contributed by atoms with Gasteiger partial charge in [0.1, 0.15) is 0 Å². The van der Waals surface area contributed by atoms with Crippen LogP contribution in [0.2, 0.25) is 0 Å². The number of hydrogen-bond donors (Lipinski definition) is 3. The van der Waals surface area contributed by atoms with Gasteiger partial charge in [0.15, 0.2) is 0 Å². The highest BCUT2D eigenvalue weighted by Crippen LogP contribution is 2.30. The molecule has 0 saturated carbocycles. The Hall–Kier alpha value is -3.78. The maximum Gasteiger partial charge on any atom is 0.413 e. The van der Waals surface area contributed by atoms with Crippen LogP contribution in [0.5, 0.6) is 0 Å². The topological polar surface area (TPSA) is 96.1 Å². The largest absolute Gasteiger partial charge is 0.453 e. The molecule has 0 unspecified atom stereocenters. The molecule has 1 aromatic heterocycles. The van der Waals surface area contributed by atoms with Gasteiger partial charge in [-0.05, 0) is 54.6 Å². The van der Waals surface area contributed by atoms with E-state index < -0.39 is 6.09 Å². The molecule has 0 saturated heterocycles. The van der Waals surface area contributed by atoms with Crippen molar-refractivity contribution in [2.45, 2.75) is 9.79 Å². The first-order chi connectivity index (χ1) is 14.6. The second kappa shape index (κ2) is 8.71. The van der Waals surface area contributed by atoms with Crippen LogP contribution in [0.15, 0.2) is 82.6 Å². The lowest BCUT2D eigenvalue weighted by Crippen LogP contribution is -2.11. The highest BCUT2D eigenvalue weighted by molar-refractivity contribution is 7.99. The van der Waals surface area contributed by atoms with Crippen LogP contribution < -0.4 is 10.6 Å². The van der Waals surface area contributed by atoms with Crippen molar-refractivity contribution < 1.29 is 14.3 Å². The van der Waals surface area contributed by atoms with Crippen LogP contribution in [-0.4, -0.2) is 29.1 Å². The van der Waals surface area contributed by atoms with Gasteiger partial charge >= 0.3 is 6.09 Å². The van der Waals surface area contributed by atoms with Gasteiger partial charge in [-0.2, -0.15) is 0 Å². The third kappa shape index (κ3) is 4.61. The molecule has 0 aliphatic carbocycles. The van der Waals surface area contributed by atoms with Gasteiger partial charge in [-0.3, -0.25) is 10.1 Å². The summed E-state index contributed by atoms with van der Waals surface area (Å²) in [4.78, 5) is 32.9. The normalized spacial score (nSPS) is 10.6. The molecule has 8 heteroatoms. The standard InChI is InChI=1S/C22H18N4O3S/c1-29-22(28)26-21-24-18-12-11-17(13-19(18)25-21)30-16-9-7-15(8-10-16)23-20(27)14-5-3-2-4-6-14/h2-13H,1H3,(H,23,27)(H2,24,25,26,28). The van der Waals surface area contributed by atoms with Crippen LogP contribution in [0.4, 0.5) is 16.4 Å². The molecule has 0 atom stereocenters. The summed E-state index contributed by atoms with van der Waals surface area (Å²) >= 11 is 1.58. The van der Waals surface area contributed by atoms with E-state index in [1.807, 2.05) is 60.7 Å². The maximum absolute atomic E-state index is 12.2. The molecule has 30 heavy (non-hydrogen) atoms. The molecule has 3 N–H and O–H groups in total. The van der Waals surface area contributed by atoms with Crippen LogP contribution in [0, 0.1) is 0 Å². The highest BCUT2D eigenvalue weighted by Gasteiger charge is 2.08. The van der Waals surface area contributed by atoms with Gasteiger partial charge in [-0.25, -0.2) is 9.78 Å². The van der Waals surface area contributed by atoms with Gasteiger partial charge in [0.25, 0.3) is 5.91 Å². The van der Waals surface area contributed by atoms with Gasteiger partial charge in [-0.15, -0.1) is 0 Å². The summed E-state index contributed by atoms with van der Waals surface area (Å²) in [5.41, 5.74) is 2.89. The molecule has 1 heterocycles. The smallest absolute Gasteiger partial charge is 0.413 e. The Balaban J connectivity index is 1.43. The van der Waals surface area contributed by atoms with E-state index >= 15 is 0 Å². The molecular weight excluding hydrogens is 400 g/mol. The van der Waals surface area contributed by atoms with Gasteiger partial charge < -0.3 is 15.0 Å². The van der Waals surface area contributed by atoms with Crippen LogP contribution in [0.25, 0.3) is 11.0 Å². The van der Waals surface area contributed by atoms with Crippen molar-refractivity contribution in [2.24, 2.45) is 0 Å². The third-order valence-electron chi connectivity index (χ3n) is 4.24. The van der Waals surface area contributed by atoms with Crippen molar-refractivity contribution >= 4 is 46.4 Å². The zero-order chi connectivity index (χ0) is 20.9. The molecular formula is C22H18N4O3S. The van der Waals surface area contributed by atoms with E-state index in [2.05, 4.69) is 25.3 Å². The van der Waals surface area contributed by atoms with E-state index in [1.54, 1.807) is 23.9 Å². The molecule has 2 amide bonds. The van der Waals surface area contributed by atoms with Crippen LogP contribution >= 0.6 is 11.8 Å². The molecule has 0 radical (unpaired) electrons. The number of aromatic nitrogens is 2. The summed E-state index contributed by atoms with van der Waals surface area (Å²) in [6.45, 7) is 0. The quantitative estimate of drug-likeness (QED) is 0.417. The minimum atomic E-state index is -0.580. The number of H-pyrrole nitrogens is 1. The number of aromatic amines is 1. The minimum Gasteiger partial charge on any atom is -0.453 e. The van der Waals surface area contributed by atoms with E-state index in [9.17, 15) is 9.59 Å². The number of amides is 2. The second-order valence-electron chi connectivity index (χ2n) is 6.33. The van der Waals surface area contributed by atoms with E-state index in [0.29, 0.717) is 11.5 Å². The number of hydrogen-bond acceptors (Lipinski definition) is 5. The summed E-state index contributed by atoms with van der Waals surface area (Å²) in [6, 6.07) is 22.5. The van der Waals surface area contributed by atoms with Crippen molar-refractivity contribution in [3.8, 4) is 0 Å². The number of nitrogens with one attached hydrogen (secondary N) is 3. The predicted octanol–water partition coefficient (Wildman–Crippen LogP) is 5.14. The molecule has 3 aromatic carbocycles. The molecule has 7 nitrogen and oxygen atoms in total. The van der Waals surface area contributed by atoms with Crippen molar-refractivity contribution in [3.05, 3.63) is 78.4 Å². The Kier molecular flexibility index (Phi) is 5.67. The van der Waals surface area contributed by atoms with Crippen molar-refractivity contribution in [2.75, 3.05) is 17.7 Å². The van der Waals surface area contributed by atoms with Crippen LogP contribution in [-0.2, 0) is 4.74 Å². The van der Waals surface area contributed by atoms with Crippen molar-refractivity contribution in [3.63, 3.8) is 0 Å². The van der Waals surface area contributed by atoms with Gasteiger partial charge in [0.2, 0.25) is 5.95 Å². The number of methoxy groups -OCH3 is 1. The number of fused-ring (bicyclic) bond motifs is 1. The van der Waals surface area contributed by atoms with Crippen molar-refractivity contribution in [1.29, 1.82) is 0 Å². The molecule has 150 valence electrons. The number of rotatable bonds is 5. The first kappa shape index (κ1) is 19.5. The first-order valence-electron chi connectivity index (χ1n) is 9.10. The molecule has 0 aliphatic heterocycles. The number of anilines is 2. The summed E-state index contributed by atoms with van der Waals surface area (Å²) in [6.07, 6.45) is -0.580. The SMILES string of the molecule is COC(=O)Nc1nc2ccc(Sc3ccc(NC(=O)c4ccccc4)cc3)cc2[nH]1. The van der Waals surface area contributed by atoms with E-state index in [4.69, 9.17) is 0 Å². The fourth-order valence-electron chi connectivity index (χ4n) is 2.79. The fourth-order valence-corrected chi connectivity index (χ4v) is 3.65. The third-order valence-corrected chi connectivity index (χ3v) is 5.24. The first-order valence-corrected chi connectivity index (χ1v) is 9.91. The Morgan fingerprint density at radius 2 is 1.67 bits per heavy atom. The van der Waals surface area contributed by atoms with Crippen LogP contribution in [0.3, 0.4) is 0 Å². The number of carbonyl (C=O) groups excluding carboxylic acids is 2. The Labute approximate surface area is 176 Å². The highest BCUT2D eigenvalue weighted by atomic mass is 32.2. The summed E-state index contributed by atoms with van der Waals surface area (Å²) in [5.74, 6) is 0.189. The van der Waals surface area contributed by atoms with Gasteiger partial charge in [0, 0.05) is 21.0 Å². The van der Waals surface area contributed by atoms with Crippen molar-refractivity contribution in [1.82, 2.24) is 9.97 Å². The Morgan fingerprint density at radius 1 is 0.933 bits per heavy atom. The summed E-state index contributed by atoms with van der Waals surface area (Å²) in [7, 11) is 1.30. The Morgan fingerprint density at radius 3 is 2.40 bits per heavy atom. The van der Waals surface area contributed by atoms with E-state index in [0.717, 1.165) is 26.5 Å². The molecule has 0 fully saturated rings. The lowest BCUT2D eigenvalue weighted by molar-refractivity contribution is 0.102. The number of carbonyl (C=O) groups is 2. The number of benzene rings is 3.